The molecular formula is C12H13FN4O2. The normalized spacial score (nSPS) is 19.8. The molecule has 1 aliphatic heterocycles. The summed E-state index contributed by atoms with van der Waals surface area (Å²) in [4.78, 5) is 21.2. The van der Waals surface area contributed by atoms with Crippen molar-refractivity contribution in [3.63, 3.8) is 0 Å². The van der Waals surface area contributed by atoms with Crippen LogP contribution in [0, 0.1) is 0 Å². The lowest BCUT2D eigenvalue weighted by molar-refractivity contribution is 0.182. The molecule has 19 heavy (non-hydrogen) atoms. The molecule has 1 atom stereocenters. The van der Waals surface area contributed by atoms with Gasteiger partial charge in [0.2, 0.25) is 0 Å². The van der Waals surface area contributed by atoms with Crippen LogP contribution in [0.15, 0.2) is 23.1 Å². The van der Waals surface area contributed by atoms with Gasteiger partial charge in [0.25, 0.3) is 0 Å². The highest BCUT2D eigenvalue weighted by Gasteiger charge is 2.23. The summed E-state index contributed by atoms with van der Waals surface area (Å²) in [5.41, 5.74) is -0.666. The van der Waals surface area contributed by atoms with Crippen LogP contribution in [0.25, 0.3) is 11.0 Å². The predicted molar refractivity (Wildman–Crippen MR) is 67.3 cm³/mol. The lowest BCUT2D eigenvalue weighted by Gasteiger charge is -2.30. The SMILES string of the molecule is O=c1nc(N2CCCC(F)C2)c2cccnc2n1O. The molecule has 1 aliphatic rings. The third kappa shape index (κ3) is 2.00. The van der Waals surface area contributed by atoms with E-state index in [-0.39, 0.29) is 12.2 Å². The predicted octanol–water partition coefficient (Wildman–Crippen LogP) is 0.967. The summed E-state index contributed by atoms with van der Waals surface area (Å²) in [6.07, 6.45) is 1.81. The quantitative estimate of drug-likeness (QED) is 0.777. The molecule has 2 aromatic rings. The molecule has 1 N–H and O–H groups in total. The van der Waals surface area contributed by atoms with Crippen LogP contribution in [0.5, 0.6) is 0 Å². The van der Waals surface area contributed by atoms with E-state index in [1.807, 2.05) is 0 Å². The lowest BCUT2D eigenvalue weighted by Crippen LogP contribution is -2.38. The van der Waals surface area contributed by atoms with Crippen LogP contribution >= 0.6 is 0 Å². The van der Waals surface area contributed by atoms with Crippen LogP contribution in [0.4, 0.5) is 10.2 Å². The van der Waals surface area contributed by atoms with Crippen molar-refractivity contribution >= 4 is 16.9 Å². The van der Waals surface area contributed by atoms with Crippen LogP contribution in [0.1, 0.15) is 12.8 Å². The third-order valence-corrected chi connectivity index (χ3v) is 3.27. The molecule has 0 aromatic carbocycles. The highest BCUT2D eigenvalue weighted by Crippen LogP contribution is 2.24. The van der Waals surface area contributed by atoms with Crippen molar-refractivity contribution < 1.29 is 9.60 Å². The first-order valence-electron chi connectivity index (χ1n) is 6.13. The summed E-state index contributed by atoms with van der Waals surface area (Å²) >= 11 is 0. The van der Waals surface area contributed by atoms with E-state index < -0.39 is 11.9 Å². The Kier molecular flexibility index (Phi) is 2.81. The van der Waals surface area contributed by atoms with E-state index in [4.69, 9.17) is 0 Å². The zero-order valence-electron chi connectivity index (χ0n) is 10.2. The topological polar surface area (TPSA) is 71.2 Å². The zero-order chi connectivity index (χ0) is 13.4. The summed E-state index contributed by atoms with van der Waals surface area (Å²) in [6.45, 7) is 0.859. The maximum absolute atomic E-state index is 13.5. The van der Waals surface area contributed by atoms with Crippen molar-refractivity contribution in [2.45, 2.75) is 19.0 Å². The van der Waals surface area contributed by atoms with E-state index in [9.17, 15) is 14.4 Å². The van der Waals surface area contributed by atoms with Gasteiger partial charge in [0.05, 0.1) is 11.9 Å². The molecule has 2 aromatic heterocycles. The number of halogens is 1. The van der Waals surface area contributed by atoms with E-state index >= 15 is 0 Å². The van der Waals surface area contributed by atoms with Gasteiger partial charge in [-0.2, -0.15) is 4.98 Å². The first kappa shape index (κ1) is 11.9. The number of alkyl halides is 1. The fraction of sp³-hybridized carbons (Fsp3) is 0.417. The van der Waals surface area contributed by atoms with E-state index in [0.717, 1.165) is 0 Å². The summed E-state index contributed by atoms with van der Waals surface area (Å²) in [5, 5.41) is 10.2. The molecule has 0 spiro atoms. The molecule has 1 unspecified atom stereocenters. The highest BCUT2D eigenvalue weighted by atomic mass is 19.1. The number of hydrogen-bond donors (Lipinski definition) is 1. The van der Waals surface area contributed by atoms with E-state index in [2.05, 4.69) is 9.97 Å². The maximum atomic E-state index is 13.5. The average Bonchev–Trinajstić information content (AvgIpc) is 2.43. The van der Waals surface area contributed by atoms with Crippen molar-refractivity contribution in [2.75, 3.05) is 18.0 Å². The summed E-state index contributed by atoms with van der Waals surface area (Å²) in [6, 6.07) is 3.40. The number of aromatic nitrogens is 3. The molecule has 3 rings (SSSR count). The summed E-state index contributed by atoms with van der Waals surface area (Å²) in [5.74, 6) is 0.390. The molecule has 6 nitrogen and oxygen atoms in total. The summed E-state index contributed by atoms with van der Waals surface area (Å²) < 4.78 is 13.9. The number of pyridine rings is 1. The van der Waals surface area contributed by atoms with Gasteiger partial charge in [0.15, 0.2) is 5.65 Å². The molecule has 0 radical (unpaired) electrons. The molecule has 0 saturated carbocycles. The molecule has 3 heterocycles. The van der Waals surface area contributed by atoms with Crippen molar-refractivity contribution in [1.82, 2.24) is 14.7 Å². The Hall–Kier alpha value is -2.18. The molecular weight excluding hydrogens is 251 g/mol. The molecule has 0 amide bonds. The Balaban J connectivity index is 2.18. The van der Waals surface area contributed by atoms with Crippen LogP contribution in [0.3, 0.4) is 0 Å². The fourth-order valence-electron chi connectivity index (χ4n) is 2.39. The monoisotopic (exact) mass is 264 g/mol. The van der Waals surface area contributed by atoms with Gasteiger partial charge >= 0.3 is 5.69 Å². The minimum atomic E-state index is -0.918. The van der Waals surface area contributed by atoms with Crippen LogP contribution in [-0.2, 0) is 0 Å². The van der Waals surface area contributed by atoms with Gasteiger partial charge < -0.3 is 10.1 Å². The number of nitrogens with zero attached hydrogens (tertiary/aromatic N) is 4. The lowest BCUT2D eigenvalue weighted by atomic mass is 10.1. The van der Waals surface area contributed by atoms with Crippen molar-refractivity contribution in [2.24, 2.45) is 0 Å². The van der Waals surface area contributed by atoms with Gasteiger partial charge in [0.1, 0.15) is 12.0 Å². The van der Waals surface area contributed by atoms with Gasteiger partial charge in [-0.25, -0.2) is 14.2 Å². The molecule has 1 saturated heterocycles. The first-order chi connectivity index (χ1) is 9.16. The number of hydrogen-bond acceptors (Lipinski definition) is 5. The smallest absolute Gasteiger partial charge is 0.384 e. The molecule has 7 heteroatoms. The number of piperidine rings is 1. The Morgan fingerprint density at radius 3 is 3.11 bits per heavy atom. The minimum Gasteiger partial charge on any atom is -0.422 e. The average molecular weight is 264 g/mol. The van der Waals surface area contributed by atoms with E-state index in [1.165, 1.54) is 6.20 Å². The molecule has 0 aliphatic carbocycles. The first-order valence-corrected chi connectivity index (χ1v) is 6.13. The highest BCUT2D eigenvalue weighted by molar-refractivity contribution is 5.86. The largest absolute Gasteiger partial charge is 0.422 e. The Morgan fingerprint density at radius 1 is 1.47 bits per heavy atom. The van der Waals surface area contributed by atoms with Crippen molar-refractivity contribution in [1.29, 1.82) is 0 Å². The Bertz CT molecular complexity index is 672. The van der Waals surface area contributed by atoms with Gasteiger partial charge in [-0.3, -0.25) is 0 Å². The number of anilines is 1. The van der Waals surface area contributed by atoms with Crippen LogP contribution < -0.4 is 10.6 Å². The fourth-order valence-corrected chi connectivity index (χ4v) is 2.39. The molecule has 100 valence electrons. The van der Waals surface area contributed by atoms with Gasteiger partial charge in [-0.1, -0.05) is 0 Å². The number of rotatable bonds is 1. The standard InChI is InChI=1S/C12H13FN4O2/c13-8-3-2-6-16(7-8)11-9-4-1-5-14-10(9)17(19)12(18)15-11/h1,4-5,8,19H,2-3,6-7H2. The van der Waals surface area contributed by atoms with Gasteiger partial charge in [-0.15, -0.1) is 4.73 Å². The minimum absolute atomic E-state index is 0.137. The second-order valence-electron chi connectivity index (χ2n) is 4.59. The Morgan fingerprint density at radius 2 is 2.32 bits per heavy atom. The second-order valence-corrected chi connectivity index (χ2v) is 4.59. The van der Waals surface area contributed by atoms with Crippen molar-refractivity contribution in [3.05, 3.63) is 28.8 Å². The van der Waals surface area contributed by atoms with Gasteiger partial charge in [-0.05, 0) is 25.0 Å². The van der Waals surface area contributed by atoms with E-state index in [0.29, 0.717) is 35.3 Å². The maximum Gasteiger partial charge on any atom is 0.384 e. The van der Waals surface area contributed by atoms with E-state index in [1.54, 1.807) is 17.0 Å². The summed E-state index contributed by atoms with van der Waals surface area (Å²) in [7, 11) is 0. The van der Waals surface area contributed by atoms with Gasteiger partial charge in [0, 0.05) is 12.7 Å². The van der Waals surface area contributed by atoms with Crippen LogP contribution in [-0.4, -0.2) is 39.2 Å². The van der Waals surface area contributed by atoms with Crippen molar-refractivity contribution in [3.8, 4) is 0 Å². The Labute approximate surface area is 108 Å². The second kappa shape index (κ2) is 4.49. The third-order valence-electron chi connectivity index (χ3n) is 3.27. The molecule has 0 bridgehead atoms. The molecule has 1 fully saturated rings. The number of fused-ring (bicyclic) bond motifs is 1. The van der Waals surface area contributed by atoms with Crippen LogP contribution in [0.2, 0.25) is 0 Å². The zero-order valence-corrected chi connectivity index (χ0v) is 10.2.